The number of hydrogen-bond acceptors (Lipinski definition) is 6. The molecule has 0 saturated carbocycles. The van der Waals surface area contributed by atoms with Crippen molar-refractivity contribution in [3.8, 4) is 5.75 Å². The summed E-state index contributed by atoms with van der Waals surface area (Å²) in [4.78, 5) is 49.9. The number of hydrogen-bond donors (Lipinski definition) is 2. The fourth-order valence-corrected chi connectivity index (χ4v) is 2.27. The Kier molecular flexibility index (Phi) is 8.69. The lowest BCUT2D eigenvalue weighted by Gasteiger charge is -2.15. The molecule has 8 heteroatoms. The summed E-state index contributed by atoms with van der Waals surface area (Å²) in [6.45, 7) is 3.34. The van der Waals surface area contributed by atoms with Crippen LogP contribution in [-0.2, 0) is 14.4 Å². The summed E-state index contributed by atoms with van der Waals surface area (Å²) in [6, 6.07) is 2.33. The molecule has 0 aromatic heterocycles. The van der Waals surface area contributed by atoms with E-state index in [1.807, 2.05) is 0 Å². The van der Waals surface area contributed by atoms with Gasteiger partial charge in [0.2, 0.25) is 5.91 Å². The average Bonchev–Trinajstić information content (AvgIpc) is 2.64. The average molecular weight is 361 g/mol. The first kappa shape index (κ1) is 21.0. The highest BCUT2D eigenvalue weighted by molar-refractivity contribution is 6.01. The van der Waals surface area contributed by atoms with Crippen molar-refractivity contribution in [3.05, 3.63) is 23.3 Å². The van der Waals surface area contributed by atoms with Gasteiger partial charge in [-0.3, -0.25) is 19.4 Å². The van der Waals surface area contributed by atoms with Crippen LogP contribution >= 0.6 is 0 Å². The Labute approximate surface area is 152 Å². The van der Waals surface area contributed by atoms with E-state index in [2.05, 4.69) is 15.6 Å². The van der Waals surface area contributed by atoms with Gasteiger partial charge in [0.05, 0.1) is 17.3 Å². The molecule has 0 radical (unpaired) electrons. The molecule has 1 atom stereocenters. The van der Waals surface area contributed by atoms with Crippen LogP contribution in [0.2, 0.25) is 0 Å². The second kappa shape index (κ2) is 10.8. The minimum absolute atomic E-state index is 0.113. The van der Waals surface area contributed by atoms with Crippen LogP contribution in [0.15, 0.2) is 17.1 Å². The predicted octanol–water partition coefficient (Wildman–Crippen LogP) is 1.12. The molecule has 0 aliphatic heterocycles. The first-order valence-corrected chi connectivity index (χ1v) is 8.13. The Morgan fingerprint density at radius 1 is 1.31 bits per heavy atom. The summed E-state index contributed by atoms with van der Waals surface area (Å²) >= 11 is 0. The molecule has 0 heterocycles. The highest BCUT2D eigenvalue weighted by atomic mass is 16.5. The lowest BCUT2D eigenvalue weighted by molar-refractivity contribution is -0.121. The summed E-state index contributed by atoms with van der Waals surface area (Å²) in [6.07, 6.45) is 3.04. The number of rotatable bonds is 10. The third kappa shape index (κ3) is 6.12. The van der Waals surface area contributed by atoms with Crippen LogP contribution < -0.4 is 15.4 Å². The second-order valence-corrected chi connectivity index (χ2v) is 5.43. The summed E-state index contributed by atoms with van der Waals surface area (Å²) in [5, 5.41) is 5.04. The van der Waals surface area contributed by atoms with Gasteiger partial charge in [-0.1, -0.05) is 0 Å². The Bertz CT molecular complexity index is 700. The van der Waals surface area contributed by atoms with Gasteiger partial charge < -0.3 is 20.2 Å². The molecule has 140 valence electrons. The van der Waals surface area contributed by atoms with Gasteiger partial charge in [-0.05, 0) is 38.0 Å². The number of aryl methyl sites for hydroxylation is 1. The normalized spacial score (nSPS) is 11.7. The van der Waals surface area contributed by atoms with Gasteiger partial charge >= 0.3 is 0 Å². The van der Waals surface area contributed by atoms with Crippen molar-refractivity contribution in [1.82, 2.24) is 10.6 Å². The van der Waals surface area contributed by atoms with Crippen LogP contribution in [0.3, 0.4) is 0 Å². The Morgan fingerprint density at radius 3 is 2.62 bits per heavy atom. The molecule has 2 amide bonds. The van der Waals surface area contributed by atoms with Crippen LogP contribution in [0.1, 0.15) is 35.7 Å². The highest BCUT2D eigenvalue weighted by Gasteiger charge is 2.19. The zero-order valence-corrected chi connectivity index (χ0v) is 15.1. The van der Waals surface area contributed by atoms with Crippen LogP contribution in [0.5, 0.6) is 5.75 Å². The third-order valence-corrected chi connectivity index (χ3v) is 3.54. The maximum absolute atomic E-state index is 12.6. The number of aldehydes is 2. The predicted molar refractivity (Wildman–Crippen MR) is 97.2 cm³/mol. The van der Waals surface area contributed by atoms with E-state index in [0.717, 1.165) is 0 Å². The zero-order chi connectivity index (χ0) is 19.5. The molecule has 0 saturated heterocycles. The van der Waals surface area contributed by atoms with Gasteiger partial charge in [-0.2, -0.15) is 0 Å². The highest BCUT2D eigenvalue weighted by Crippen LogP contribution is 2.29. The number of nitrogens with one attached hydrogen (secondary N) is 2. The van der Waals surface area contributed by atoms with E-state index in [-0.39, 0.29) is 30.9 Å². The number of carbonyl (C=O) groups excluding carboxylic acids is 4. The molecule has 1 aromatic carbocycles. The van der Waals surface area contributed by atoms with Gasteiger partial charge in [0.1, 0.15) is 18.6 Å². The van der Waals surface area contributed by atoms with Gasteiger partial charge in [-0.15, -0.1) is 0 Å². The van der Waals surface area contributed by atoms with Crippen molar-refractivity contribution in [2.24, 2.45) is 4.99 Å². The maximum atomic E-state index is 12.6. The molecular weight excluding hydrogens is 338 g/mol. The second-order valence-electron chi connectivity index (χ2n) is 5.43. The molecule has 0 aliphatic rings. The molecule has 1 unspecified atom stereocenters. The Hall–Kier alpha value is -3.03. The zero-order valence-electron chi connectivity index (χ0n) is 15.1. The van der Waals surface area contributed by atoms with Crippen LogP contribution in [0, 0.1) is 6.92 Å². The minimum Gasteiger partial charge on any atom is -0.486 e. The number of nitrogens with zero attached hydrogens (tertiary/aromatic N) is 1. The lowest BCUT2D eigenvalue weighted by Crippen LogP contribution is -2.37. The van der Waals surface area contributed by atoms with Gasteiger partial charge in [0.25, 0.3) is 5.91 Å². The monoisotopic (exact) mass is 361 g/mol. The van der Waals surface area contributed by atoms with Crippen molar-refractivity contribution < 1.29 is 23.9 Å². The standard InChI is InChI=1S/C18H23N3O5/c1-4-20-17-12(2)9-14(26-8-7-22)10-15(17)18(25)21-13(11-23)5-6-16(24)19-3/h4,7,9-11,13H,5-6,8H2,1-3H3,(H,19,24)(H,21,25). The lowest BCUT2D eigenvalue weighted by atomic mass is 10.1. The molecule has 2 N–H and O–H groups in total. The third-order valence-electron chi connectivity index (χ3n) is 3.54. The summed E-state index contributed by atoms with van der Waals surface area (Å²) in [7, 11) is 1.50. The summed E-state index contributed by atoms with van der Waals surface area (Å²) in [5.74, 6) is -0.385. The van der Waals surface area contributed by atoms with Crippen LogP contribution in [0.4, 0.5) is 5.69 Å². The molecule has 8 nitrogen and oxygen atoms in total. The topological polar surface area (TPSA) is 114 Å². The van der Waals surface area contributed by atoms with E-state index in [1.165, 1.54) is 13.1 Å². The molecule has 0 aliphatic carbocycles. The van der Waals surface area contributed by atoms with E-state index in [4.69, 9.17) is 4.74 Å². The first-order valence-electron chi connectivity index (χ1n) is 8.13. The van der Waals surface area contributed by atoms with E-state index in [0.29, 0.717) is 29.6 Å². The fraction of sp³-hybridized carbons (Fsp3) is 0.389. The van der Waals surface area contributed by atoms with Crippen molar-refractivity contribution in [1.29, 1.82) is 0 Å². The van der Waals surface area contributed by atoms with Gasteiger partial charge in [0.15, 0.2) is 6.29 Å². The molecule has 0 fully saturated rings. The SMILES string of the molecule is CC=Nc1c(C)cc(OCC=O)cc1C(=O)NC(C=O)CCC(=O)NC. The number of carbonyl (C=O) groups is 4. The minimum atomic E-state index is -0.807. The number of ether oxygens (including phenoxy) is 1. The van der Waals surface area contributed by atoms with Crippen LogP contribution in [0.25, 0.3) is 0 Å². The van der Waals surface area contributed by atoms with Crippen molar-refractivity contribution >= 4 is 36.3 Å². The Morgan fingerprint density at radius 2 is 2.04 bits per heavy atom. The van der Waals surface area contributed by atoms with Gasteiger partial charge in [-0.25, -0.2) is 0 Å². The molecule has 26 heavy (non-hydrogen) atoms. The van der Waals surface area contributed by atoms with Gasteiger partial charge in [0, 0.05) is 19.7 Å². The van der Waals surface area contributed by atoms with Crippen LogP contribution in [-0.4, -0.2) is 50.3 Å². The van der Waals surface area contributed by atoms with Crippen molar-refractivity contribution in [3.63, 3.8) is 0 Å². The van der Waals surface area contributed by atoms with E-state index >= 15 is 0 Å². The number of aliphatic imine (C=N–C) groups is 1. The van der Waals surface area contributed by atoms with Crippen molar-refractivity contribution in [2.45, 2.75) is 32.7 Å². The largest absolute Gasteiger partial charge is 0.486 e. The first-order chi connectivity index (χ1) is 12.5. The molecule has 1 aromatic rings. The summed E-state index contributed by atoms with van der Waals surface area (Å²) in [5.41, 5.74) is 1.35. The molecular formula is C18H23N3O5. The quantitative estimate of drug-likeness (QED) is 0.479. The van der Waals surface area contributed by atoms with E-state index in [1.54, 1.807) is 26.1 Å². The van der Waals surface area contributed by atoms with E-state index < -0.39 is 11.9 Å². The molecule has 0 spiro atoms. The maximum Gasteiger partial charge on any atom is 0.254 e. The smallest absolute Gasteiger partial charge is 0.254 e. The summed E-state index contributed by atoms with van der Waals surface area (Å²) < 4.78 is 5.26. The Balaban J connectivity index is 3.06. The fourth-order valence-electron chi connectivity index (χ4n) is 2.27. The molecule has 1 rings (SSSR count). The molecule has 0 bridgehead atoms. The number of amides is 2. The number of benzene rings is 1. The van der Waals surface area contributed by atoms with Crippen molar-refractivity contribution in [2.75, 3.05) is 13.7 Å². The van der Waals surface area contributed by atoms with E-state index in [9.17, 15) is 19.2 Å².